The lowest BCUT2D eigenvalue weighted by Gasteiger charge is -2.06. The third-order valence-corrected chi connectivity index (χ3v) is 4.64. The summed E-state index contributed by atoms with van der Waals surface area (Å²) in [6.45, 7) is 1.88. The van der Waals surface area contributed by atoms with Crippen molar-refractivity contribution < 1.29 is 18.7 Å². The van der Waals surface area contributed by atoms with Gasteiger partial charge in [-0.25, -0.2) is 14.2 Å². The first-order valence-electron chi connectivity index (χ1n) is 8.23. The number of nitrogens with one attached hydrogen (secondary N) is 1. The molecule has 1 aromatic heterocycles. The second-order valence-electron chi connectivity index (χ2n) is 5.86. The van der Waals surface area contributed by atoms with E-state index in [9.17, 15) is 14.0 Å². The molecule has 0 unspecified atom stereocenters. The molecule has 1 N–H and O–H groups in total. The van der Waals surface area contributed by atoms with Gasteiger partial charge in [-0.3, -0.25) is 4.79 Å². The number of benzene rings is 2. The predicted molar refractivity (Wildman–Crippen MR) is 101 cm³/mol. The molecule has 3 rings (SSSR count). The van der Waals surface area contributed by atoms with Crippen LogP contribution in [-0.4, -0.2) is 16.9 Å². The van der Waals surface area contributed by atoms with Crippen LogP contribution in [0.1, 0.15) is 26.6 Å². The van der Waals surface area contributed by atoms with E-state index in [1.54, 1.807) is 5.38 Å². The van der Waals surface area contributed by atoms with E-state index < -0.39 is 11.8 Å². The maximum Gasteiger partial charge on any atom is 0.338 e. The molecule has 1 amide bonds. The zero-order chi connectivity index (χ0) is 19.2. The Morgan fingerprint density at radius 2 is 2.00 bits per heavy atom. The maximum atomic E-state index is 13.1. The molecule has 138 valence electrons. The molecular formula is C20H17FN2O3S. The van der Waals surface area contributed by atoms with Crippen LogP contribution in [0.25, 0.3) is 0 Å². The number of hydrogen-bond donors (Lipinski definition) is 1. The summed E-state index contributed by atoms with van der Waals surface area (Å²) < 4.78 is 18.3. The fourth-order valence-electron chi connectivity index (χ4n) is 2.38. The highest BCUT2D eigenvalue weighted by atomic mass is 32.1. The number of thiazole rings is 1. The number of halogens is 1. The van der Waals surface area contributed by atoms with Crippen molar-refractivity contribution in [3.05, 3.63) is 81.6 Å². The Kier molecular flexibility index (Phi) is 5.93. The Balaban J connectivity index is 1.53. The Morgan fingerprint density at radius 3 is 2.78 bits per heavy atom. The zero-order valence-electron chi connectivity index (χ0n) is 14.6. The molecule has 0 spiro atoms. The molecule has 0 saturated heterocycles. The number of hydrogen-bond acceptors (Lipinski definition) is 5. The molecule has 0 bridgehead atoms. The largest absolute Gasteiger partial charge is 0.456 e. The molecule has 7 heteroatoms. The SMILES string of the molecule is Cc1ccccc1NC(=O)Cc1nc(COC(=O)c2cccc(F)c2)cs1. The van der Waals surface area contributed by atoms with E-state index in [2.05, 4.69) is 10.3 Å². The van der Waals surface area contributed by atoms with Gasteiger partial charge < -0.3 is 10.1 Å². The smallest absolute Gasteiger partial charge is 0.338 e. The normalized spacial score (nSPS) is 10.4. The number of aryl methyl sites for hydroxylation is 1. The number of aromatic nitrogens is 1. The number of ether oxygens (including phenoxy) is 1. The van der Waals surface area contributed by atoms with Crippen LogP contribution in [0.15, 0.2) is 53.9 Å². The molecule has 0 atom stereocenters. The molecule has 0 aliphatic carbocycles. The lowest BCUT2D eigenvalue weighted by Crippen LogP contribution is -2.15. The Morgan fingerprint density at radius 1 is 1.19 bits per heavy atom. The standard InChI is InChI=1S/C20H17FN2O3S/c1-13-5-2-3-8-17(13)23-18(24)10-19-22-16(12-27-19)11-26-20(25)14-6-4-7-15(21)9-14/h2-9,12H,10-11H2,1H3,(H,23,24). The first-order valence-corrected chi connectivity index (χ1v) is 9.10. The number of rotatable bonds is 6. The molecule has 3 aromatic rings. The van der Waals surface area contributed by atoms with Crippen molar-refractivity contribution in [1.82, 2.24) is 4.98 Å². The number of esters is 1. The first kappa shape index (κ1) is 18.7. The second kappa shape index (κ2) is 8.55. The van der Waals surface area contributed by atoms with Gasteiger partial charge in [-0.05, 0) is 36.8 Å². The van der Waals surface area contributed by atoms with Gasteiger partial charge in [0.1, 0.15) is 17.4 Å². The highest BCUT2D eigenvalue weighted by Gasteiger charge is 2.12. The van der Waals surface area contributed by atoms with Crippen LogP contribution in [0.4, 0.5) is 10.1 Å². The Labute approximate surface area is 159 Å². The van der Waals surface area contributed by atoms with Crippen molar-refractivity contribution in [1.29, 1.82) is 0 Å². The van der Waals surface area contributed by atoms with Gasteiger partial charge in [0, 0.05) is 11.1 Å². The Hall–Kier alpha value is -3.06. The second-order valence-corrected chi connectivity index (χ2v) is 6.80. The molecular weight excluding hydrogens is 367 g/mol. The van der Waals surface area contributed by atoms with Crippen molar-refractivity contribution in [2.24, 2.45) is 0 Å². The first-order chi connectivity index (χ1) is 13.0. The molecule has 27 heavy (non-hydrogen) atoms. The molecule has 0 saturated carbocycles. The van der Waals surface area contributed by atoms with E-state index in [1.807, 2.05) is 31.2 Å². The summed E-state index contributed by atoms with van der Waals surface area (Å²) in [5, 5.41) is 5.21. The van der Waals surface area contributed by atoms with E-state index in [0.717, 1.165) is 17.3 Å². The van der Waals surface area contributed by atoms with Crippen LogP contribution in [-0.2, 0) is 22.6 Å². The van der Waals surface area contributed by atoms with Crippen LogP contribution in [0.2, 0.25) is 0 Å². The van der Waals surface area contributed by atoms with Crippen molar-refractivity contribution in [2.45, 2.75) is 20.0 Å². The summed E-state index contributed by atoms with van der Waals surface area (Å²) in [6.07, 6.45) is 0.136. The zero-order valence-corrected chi connectivity index (χ0v) is 15.4. The van der Waals surface area contributed by atoms with E-state index in [-0.39, 0.29) is 24.5 Å². The lowest BCUT2D eigenvalue weighted by molar-refractivity contribution is -0.115. The van der Waals surface area contributed by atoms with Crippen molar-refractivity contribution in [3.63, 3.8) is 0 Å². The van der Waals surface area contributed by atoms with Crippen LogP contribution < -0.4 is 5.32 Å². The summed E-state index contributed by atoms with van der Waals surface area (Å²) in [5.74, 6) is -1.29. The van der Waals surface area contributed by atoms with Crippen LogP contribution in [0.3, 0.4) is 0 Å². The quantitative estimate of drug-likeness (QED) is 0.649. The molecule has 2 aromatic carbocycles. The Bertz CT molecular complexity index is 971. The van der Waals surface area contributed by atoms with Gasteiger partial charge in [-0.2, -0.15) is 0 Å². The van der Waals surface area contributed by atoms with Crippen molar-refractivity contribution >= 4 is 28.9 Å². The highest BCUT2D eigenvalue weighted by Crippen LogP contribution is 2.16. The highest BCUT2D eigenvalue weighted by molar-refractivity contribution is 7.09. The minimum atomic E-state index is -0.624. The minimum Gasteiger partial charge on any atom is -0.456 e. The third kappa shape index (κ3) is 5.21. The summed E-state index contributed by atoms with van der Waals surface area (Å²) in [7, 11) is 0. The molecule has 0 radical (unpaired) electrons. The fraction of sp³-hybridized carbons (Fsp3) is 0.150. The number of carbonyl (C=O) groups is 2. The van der Waals surface area contributed by atoms with E-state index >= 15 is 0 Å². The van der Waals surface area contributed by atoms with Crippen LogP contribution in [0.5, 0.6) is 0 Å². The minimum absolute atomic E-state index is 0.0364. The third-order valence-electron chi connectivity index (χ3n) is 3.74. The van der Waals surface area contributed by atoms with E-state index in [1.165, 1.54) is 29.5 Å². The molecule has 1 heterocycles. The van der Waals surface area contributed by atoms with Crippen molar-refractivity contribution in [2.75, 3.05) is 5.32 Å². The van der Waals surface area contributed by atoms with Gasteiger partial charge in [0.05, 0.1) is 17.7 Å². The van der Waals surface area contributed by atoms with E-state index in [0.29, 0.717) is 10.7 Å². The summed E-state index contributed by atoms with van der Waals surface area (Å²) in [6, 6.07) is 12.8. The lowest BCUT2D eigenvalue weighted by atomic mass is 10.2. The van der Waals surface area contributed by atoms with Gasteiger partial charge in [0.15, 0.2) is 0 Å². The number of amides is 1. The number of carbonyl (C=O) groups excluding carboxylic acids is 2. The molecule has 0 aliphatic heterocycles. The number of nitrogens with zero attached hydrogens (tertiary/aromatic N) is 1. The van der Waals surface area contributed by atoms with Crippen LogP contribution in [0, 0.1) is 12.7 Å². The number of para-hydroxylation sites is 1. The molecule has 0 aliphatic rings. The molecule has 0 fully saturated rings. The monoisotopic (exact) mass is 384 g/mol. The fourth-order valence-corrected chi connectivity index (χ4v) is 3.16. The average molecular weight is 384 g/mol. The summed E-state index contributed by atoms with van der Waals surface area (Å²) in [5.41, 5.74) is 2.43. The number of anilines is 1. The molecule has 5 nitrogen and oxygen atoms in total. The summed E-state index contributed by atoms with van der Waals surface area (Å²) in [4.78, 5) is 28.4. The van der Waals surface area contributed by atoms with Crippen molar-refractivity contribution in [3.8, 4) is 0 Å². The van der Waals surface area contributed by atoms with Crippen LogP contribution >= 0.6 is 11.3 Å². The van der Waals surface area contributed by atoms with Gasteiger partial charge >= 0.3 is 5.97 Å². The van der Waals surface area contributed by atoms with Gasteiger partial charge in [-0.1, -0.05) is 24.3 Å². The average Bonchev–Trinajstić information content (AvgIpc) is 3.09. The predicted octanol–water partition coefficient (Wildman–Crippen LogP) is 4.13. The van der Waals surface area contributed by atoms with E-state index in [4.69, 9.17) is 4.74 Å². The van der Waals surface area contributed by atoms with Gasteiger partial charge in [0.2, 0.25) is 5.91 Å². The van der Waals surface area contributed by atoms with Gasteiger partial charge in [-0.15, -0.1) is 11.3 Å². The topological polar surface area (TPSA) is 68.3 Å². The summed E-state index contributed by atoms with van der Waals surface area (Å²) >= 11 is 1.32. The van der Waals surface area contributed by atoms with Gasteiger partial charge in [0.25, 0.3) is 0 Å². The maximum absolute atomic E-state index is 13.1.